The van der Waals surface area contributed by atoms with Gasteiger partial charge in [-0.1, -0.05) is 38.6 Å². The lowest BCUT2D eigenvalue weighted by Crippen LogP contribution is -2.11. The van der Waals surface area contributed by atoms with Crippen LogP contribution in [0.5, 0.6) is 0 Å². The Bertz CT molecular complexity index is 360. The molecule has 0 aromatic rings. The van der Waals surface area contributed by atoms with Crippen LogP contribution in [0.4, 0.5) is 0 Å². The van der Waals surface area contributed by atoms with Gasteiger partial charge in [-0.3, -0.25) is 4.79 Å². The summed E-state index contributed by atoms with van der Waals surface area (Å²) in [7, 11) is 0. The summed E-state index contributed by atoms with van der Waals surface area (Å²) in [5.74, 6) is -0.341. The van der Waals surface area contributed by atoms with E-state index in [1.165, 1.54) is 11.8 Å². The number of rotatable bonds is 3. The molecule has 3 nitrogen and oxygen atoms in total. The monoisotopic (exact) mass is 370 g/mol. The van der Waals surface area contributed by atoms with Crippen LogP contribution in [0.2, 0.25) is 0 Å². The third-order valence-electron chi connectivity index (χ3n) is 1.63. The number of allylic oxidation sites excluding steroid dienone is 1. The summed E-state index contributed by atoms with van der Waals surface area (Å²) >= 11 is 7.63. The summed E-state index contributed by atoms with van der Waals surface area (Å²) in [6, 6.07) is 0. The summed E-state index contributed by atoms with van der Waals surface area (Å²) in [6.07, 6.45) is 1.92. The Kier molecular flexibility index (Phi) is 4.29. The molecule has 0 saturated carbocycles. The first-order valence-corrected chi connectivity index (χ1v) is 7.06. The van der Waals surface area contributed by atoms with E-state index in [0.717, 1.165) is 0 Å². The van der Waals surface area contributed by atoms with Crippen molar-refractivity contribution in [3.63, 3.8) is 0 Å². The number of carbonyl (C=O) groups excluding carboxylic acids is 2. The number of cyclic esters (lactones) is 1. The largest absolute Gasteiger partial charge is 0.427 e. The van der Waals surface area contributed by atoms with Crippen molar-refractivity contribution < 1.29 is 14.3 Å². The van der Waals surface area contributed by atoms with Gasteiger partial charge in [-0.05, 0) is 31.9 Å². The first-order valence-electron chi connectivity index (χ1n) is 4.65. The van der Waals surface area contributed by atoms with E-state index in [4.69, 9.17) is 4.74 Å². The molecule has 90 valence electrons. The lowest BCUT2D eigenvalue weighted by atomic mass is 10.3. The Hall–Kier alpha value is 0.190. The van der Waals surface area contributed by atoms with Crippen LogP contribution in [-0.2, 0) is 14.3 Å². The Morgan fingerprint density at radius 1 is 1.56 bits per heavy atom. The van der Waals surface area contributed by atoms with Crippen LogP contribution in [0.15, 0.2) is 10.6 Å². The van der Waals surface area contributed by atoms with E-state index in [9.17, 15) is 9.59 Å². The van der Waals surface area contributed by atoms with Crippen LogP contribution < -0.4 is 0 Å². The molecule has 0 aliphatic carbocycles. The van der Waals surface area contributed by atoms with Gasteiger partial charge in [-0.15, -0.1) is 0 Å². The Labute approximate surface area is 116 Å². The number of ether oxygens (including phenoxy) is 1. The molecule has 1 rings (SSSR count). The van der Waals surface area contributed by atoms with Crippen LogP contribution in [0, 0.1) is 0 Å². The fourth-order valence-electron chi connectivity index (χ4n) is 0.936. The molecule has 6 heteroatoms. The minimum absolute atomic E-state index is 0.0636. The first kappa shape index (κ1) is 14.3. The second kappa shape index (κ2) is 4.82. The lowest BCUT2D eigenvalue weighted by molar-refractivity contribution is -0.117. The lowest BCUT2D eigenvalue weighted by Gasteiger charge is -2.15. The Morgan fingerprint density at radius 2 is 2.06 bits per heavy atom. The summed E-state index contributed by atoms with van der Waals surface area (Å²) in [5.41, 5.74) is 0. The zero-order chi connectivity index (χ0) is 12.6. The zero-order valence-corrected chi connectivity index (χ0v) is 13.2. The normalized spacial score (nSPS) is 25.3. The molecule has 0 bridgehead atoms. The van der Waals surface area contributed by atoms with Crippen molar-refractivity contribution in [2.24, 2.45) is 0 Å². The van der Waals surface area contributed by atoms with Gasteiger partial charge in [0.1, 0.15) is 0 Å². The van der Waals surface area contributed by atoms with Crippen LogP contribution in [0.3, 0.4) is 0 Å². The average molecular weight is 372 g/mol. The molecule has 0 radical (unpaired) electrons. The average Bonchev–Trinajstić information content (AvgIpc) is 2.69. The number of hydrogen-bond donors (Lipinski definition) is 0. The highest BCUT2D eigenvalue weighted by Gasteiger charge is 2.58. The highest BCUT2D eigenvalue weighted by Crippen LogP contribution is 2.46. The fourth-order valence-corrected chi connectivity index (χ4v) is 2.50. The second-order valence-corrected chi connectivity index (χ2v) is 8.18. The predicted molar refractivity (Wildman–Crippen MR) is 71.7 cm³/mol. The maximum absolute atomic E-state index is 11.5. The maximum Gasteiger partial charge on any atom is 0.369 e. The second-order valence-electron chi connectivity index (χ2n) is 4.33. The van der Waals surface area contributed by atoms with Gasteiger partial charge < -0.3 is 4.74 Å². The van der Waals surface area contributed by atoms with Crippen LogP contribution in [0.25, 0.3) is 0 Å². The molecule has 0 spiro atoms. The molecule has 1 unspecified atom stereocenters. The van der Waals surface area contributed by atoms with Gasteiger partial charge in [0, 0.05) is 11.2 Å². The minimum Gasteiger partial charge on any atom is -0.427 e. The minimum atomic E-state index is -1.03. The number of carbonyl (C=O) groups is 2. The standard InChI is InChI=1S/C10H12Br2O3S/c1-9(2,3)16-7(13)5-4-6(11)10(12)8(14)15-10/h4H,5H2,1-3H3. The topological polar surface area (TPSA) is 46.7 Å². The van der Waals surface area contributed by atoms with Gasteiger partial charge in [0.15, 0.2) is 5.12 Å². The van der Waals surface area contributed by atoms with E-state index in [2.05, 4.69) is 31.9 Å². The molecule has 1 heterocycles. The van der Waals surface area contributed by atoms with Crippen molar-refractivity contribution >= 4 is 54.7 Å². The van der Waals surface area contributed by atoms with E-state index in [-0.39, 0.29) is 22.3 Å². The molecule has 1 saturated heterocycles. The van der Waals surface area contributed by atoms with Crippen LogP contribution >= 0.6 is 43.6 Å². The molecular weight excluding hydrogens is 360 g/mol. The number of halogens is 2. The van der Waals surface area contributed by atoms with Gasteiger partial charge in [0.25, 0.3) is 4.51 Å². The summed E-state index contributed by atoms with van der Waals surface area (Å²) in [5, 5.41) is 0.0636. The molecule has 1 aliphatic heterocycles. The third-order valence-corrected chi connectivity index (χ3v) is 4.96. The van der Waals surface area contributed by atoms with Crippen molar-refractivity contribution in [1.29, 1.82) is 0 Å². The molecule has 0 aromatic carbocycles. The molecule has 1 aliphatic rings. The van der Waals surface area contributed by atoms with Crippen molar-refractivity contribution in [2.45, 2.75) is 36.4 Å². The van der Waals surface area contributed by atoms with E-state index in [0.29, 0.717) is 4.48 Å². The van der Waals surface area contributed by atoms with Crippen molar-refractivity contribution in [3.8, 4) is 0 Å². The molecule has 0 aromatic heterocycles. The Balaban J connectivity index is 2.48. The molecule has 1 atom stereocenters. The predicted octanol–water partition coefficient (Wildman–Crippen LogP) is 3.36. The smallest absolute Gasteiger partial charge is 0.369 e. The summed E-state index contributed by atoms with van der Waals surface area (Å²) in [4.78, 5) is 22.4. The van der Waals surface area contributed by atoms with Gasteiger partial charge in [-0.2, -0.15) is 0 Å². The molecular formula is C10H12Br2O3S. The van der Waals surface area contributed by atoms with Crippen LogP contribution in [0.1, 0.15) is 27.2 Å². The van der Waals surface area contributed by atoms with E-state index >= 15 is 0 Å². The van der Waals surface area contributed by atoms with E-state index < -0.39 is 4.51 Å². The molecule has 1 fully saturated rings. The SMILES string of the molecule is CC(C)(C)SC(=O)CC=C(Br)C1(Br)OC1=O. The molecule has 0 amide bonds. The first-order chi connectivity index (χ1) is 7.15. The summed E-state index contributed by atoms with van der Waals surface area (Å²) < 4.78 is 4.18. The number of thioether (sulfide) groups is 1. The molecule has 0 N–H and O–H groups in total. The third kappa shape index (κ3) is 3.89. The molecule has 16 heavy (non-hydrogen) atoms. The van der Waals surface area contributed by atoms with Crippen molar-refractivity contribution in [2.75, 3.05) is 0 Å². The fraction of sp³-hybridized carbons (Fsp3) is 0.600. The van der Waals surface area contributed by atoms with Crippen molar-refractivity contribution in [3.05, 3.63) is 10.6 Å². The highest BCUT2D eigenvalue weighted by molar-refractivity contribution is 9.14. The van der Waals surface area contributed by atoms with E-state index in [1.807, 2.05) is 20.8 Å². The highest BCUT2D eigenvalue weighted by atomic mass is 79.9. The summed E-state index contributed by atoms with van der Waals surface area (Å²) in [6.45, 7) is 5.94. The quantitative estimate of drug-likeness (QED) is 0.563. The number of epoxide rings is 1. The van der Waals surface area contributed by atoms with Gasteiger partial charge in [0.2, 0.25) is 0 Å². The number of alkyl halides is 1. The van der Waals surface area contributed by atoms with Gasteiger partial charge in [0.05, 0.1) is 4.48 Å². The van der Waals surface area contributed by atoms with Gasteiger partial charge >= 0.3 is 5.97 Å². The van der Waals surface area contributed by atoms with E-state index in [1.54, 1.807) is 6.08 Å². The van der Waals surface area contributed by atoms with Crippen LogP contribution in [-0.4, -0.2) is 20.3 Å². The maximum atomic E-state index is 11.5. The zero-order valence-electron chi connectivity index (χ0n) is 9.17. The van der Waals surface area contributed by atoms with Gasteiger partial charge in [-0.25, -0.2) is 4.79 Å². The Morgan fingerprint density at radius 3 is 2.44 bits per heavy atom. The van der Waals surface area contributed by atoms with Crippen molar-refractivity contribution in [1.82, 2.24) is 0 Å². The number of hydrogen-bond acceptors (Lipinski definition) is 4.